The second kappa shape index (κ2) is 5.66. The molecule has 0 unspecified atom stereocenters. The van der Waals surface area contributed by atoms with E-state index in [4.69, 9.17) is 22.7 Å². The van der Waals surface area contributed by atoms with Crippen LogP contribution in [0.1, 0.15) is 24.1 Å². The van der Waals surface area contributed by atoms with Crippen LogP contribution in [-0.2, 0) is 16.1 Å². The average Bonchev–Trinajstić information content (AvgIpc) is 2.82. The lowest BCUT2D eigenvalue weighted by Gasteiger charge is -2.34. The van der Waals surface area contributed by atoms with Crippen LogP contribution in [0.2, 0.25) is 0 Å². The number of ether oxygens (including phenoxy) is 1. The minimum Gasteiger partial charge on any atom is -0.392 e. The summed E-state index contributed by atoms with van der Waals surface area (Å²) in [4.78, 5) is 12.7. The zero-order valence-electron chi connectivity index (χ0n) is 10.9. The standard InChI is InChI=1S/C12H18N4O2S/c1-8-9(7-15-16-8)6-14-11(17)12(10(13)19)2-4-18-5-3-12/h7H,2-6H2,1H3,(H2,13,19)(H,14,17)(H,15,16). The van der Waals surface area contributed by atoms with Gasteiger partial charge in [0.15, 0.2) is 0 Å². The number of aromatic nitrogens is 2. The summed E-state index contributed by atoms with van der Waals surface area (Å²) in [5, 5.41) is 9.65. The number of rotatable bonds is 4. The molecule has 104 valence electrons. The molecule has 0 bridgehead atoms. The van der Waals surface area contributed by atoms with Gasteiger partial charge in [-0.2, -0.15) is 5.10 Å². The molecule has 1 aromatic heterocycles. The number of hydrogen-bond donors (Lipinski definition) is 3. The average molecular weight is 282 g/mol. The van der Waals surface area contributed by atoms with Crippen molar-refractivity contribution in [3.63, 3.8) is 0 Å². The summed E-state index contributed by atoms with van der Waals surface area (Å²) in [5.41, 5.74) is 6.90. The number of H-pyrrole nitrogens is 1. The Morgan fingerprint density at radius 2 is 2.32 bits per heavy atom. The minimum absolute atomic E-state index is 0.121. The van der Waals surface area contributed by atoms with Gasteiger partial charge in [-0.25, -0.2) is 0 Å². The molecule has 0 radical (unpaired) electrons. The van der Waals surface area contributed by atoms with Crippen molar-refractivity contribution in [1.82, 2.24) is 15.5 Å². The van der Waals surface area contributed by atoms with Crippen LogP contribution < -0.4 is 11.1 Å². The molecule has 2 heterocycles. The number of aryl methyl sites for hydroxylation is 1. The van der Waals surface area contributed by atoms with Gasteiger partial charge in [0.05, 0.1) is 11.2 Å². The Balaban J connectivity index is 2.04. The fourth-order valence-corrected chi connectivity index (χ4v) is 2.50. The second-order valence-electron chi connectivity index (χ2n) is 4.76. The molecule has 1 aliphatic rings. The molecule has 4 N–H and O–H groups in total. The number of carbonyl (C=O) groups excluding carboxylic acids is 1. The smallest absolute Gasteiger partial charge is 0.233 e. The Labute approximate surface area is 117 Å². The van der Waals surface area contributed by atoms with Gasteiger partial charge in [-0.1, -0.05) is 12.2 Å². The van der Waals surface area contributed by atoms with Crippen molar-refractivity contribution >= 4 is 23.1 Å². The molecular formula is C12H18N4O2S. The third-order valence-corrected chi connectivity index (χ3v) is 4.02. The molecule has 0 saturated carbocycles. The number of hydrogen-bond acceptors (Lipinski definition) is 4. The predicted molar refractivity (Wildman–Crippen MR) is 74.4 cm³/mol. The lowest BCUT2D eigenvalue weighted by atomic mass is 9.79. The van der Waals surface area contributed by atoms with E-state index in [1.807, 2.05) is 6.92 Å². The third-order valence-electron chi connectivity index (χ3n) is 3.63. The van der Waals surface area contributed by atoms with Crippen LogP contribution in [0.5, 0.6) is 0 Å². The van der Waals surface area contributed by atoms with E-state index in [1.54, 1.807) is 6.20 Å². The summed E-state index contributed by atoms with van der Waals surface area (Å²) in [6.45, 7) is 3.35. The van der Waals surface area contributed by atoms with Gasteiger partial charge in [-0.05, 0) is 19.8 Å². The topological polar surface area (TPSA) is 93.0 Å². The van der Waals surface area contributed by atoms with Crippen LogP contribution in [0.4, 0.5) is 0 Å². The van der Waals surface area contributed by atoms with E-state index in [1.165, 1.54) is 0 Å². The molecule has 0 spiro atoms. The summed E-state index contributed by atoms with van der Waals surface area (Å²) in [7, 11) is 0. The van der Waals surface area contributed by atoms with E-state index in [-0.39, 0.29) is 10.9 Å². The fraction of sp³-hybridized carbons (Fsp3) is 0.583. The molecule has 6 nitrogen and oxygen atoms in total. The molecule has 0 atom stereocenters. The number of aromatic amines is 1. The first-order valence-electron chi connectivity index (χ1n) is 6.21. The minimum atomic E-state index is -0.773. The SMILES string of the molecule is Cc1[nH]ncc1CNC(=O)C1(C(N)=S)CCOCC1. The molecule has 0 aliphatic carbocycles. The number of amides is 1. The highest BCUT2D eigenvalue weighted by molar-refractivity contribution is 7.80. The van der Waals surface area contributed by atoms with Crippen molar-refractivity contribution in [2.45, 2.75) is 26.3 Å². The van der Waals surface area contributed by atoms with Crippen LogP contribution in [0.3, 0.4) is 0 Å². The molecular weight excluding hydrogens is 264 g/mol. The predicted octanol–water partition coefficient (Wildman–Crippen LogP) is 0.417. The number of nitrogens with one attached hydrogen (secondary N) is 2. The lowest BCUT2D eigenvalue weighted by molar-refractivity contribution is -0.131. The summed E-state index contributed by atoms with van der Waals surface area (Å²) in [6.07, 6.45) is 2.78. The quantitative estimate of drug-likeness (QED) is 0.696. The molecule has 1 fully saturated rings. The van der Waals surface area contributed by atoms with Crippen molar-refractivity contribution in [1.29, 1.82) is 0 Å². The third kappa shape index (κ3) is 2.76. The van der Waals surface area contributed by atoms with Crippen LogP contribution in [-0.4, -0.2) is 34.3 Å². The highest BCUT2D eigenvalue weighted by Gasteiger charge is 2.42. The lowest BCUT2D eigenvalue weighted by Crippen LogP contribution is -2.51. The van der Waals surface area contributed by atoms with Crippen molar-refractivity contribution in [2.24, 2.45) is 11.1 Å². The Kier molecular flexibility index (Phi) is 4.16. The molecule has 1 aromatic rings. The van der Waals surface area contributed by atoms with Gasteiger partial charge in [-0.15, -0.1) is 0 Å². The van der Waals surface area contributed by atoms with E-state index in [0.717, 1.165) is 11.3 Å². The van der Waals surface area contributed by atoms with Crippen LogP contribution in [0, 0.1) is 12.3 Å². The first-order valence-corrected chi connectivity index (χ1v) is 6.62. The summed E-state index contributed by atoms with van der Waals surface area (Å²) < 4.78 is 5.28. The molecule has 2 rings (SSSR count). The van der Waals surface area contributed by atoms with E-state index in [2.05, 4.69) is 15.5 Å². The van der Waals surface area contributed by atoms with E-state index in [9.17, 15) is 4.79 Å². The maximum Gasteiger partial charge on any atom is 0.233 e. The van der Waals surface area contributed by atoms with Crippen molar-refractivity contribution < 1.29 is 9.53 Å². The van der Waals surface area contributed by atoms with E-state index < -0.39 is 5.41 Å². The fourth-order valence-electron chi connectivity index (χ4n) is 2.20. The molecule has 0 aromatic carbocycles. The molecule has 19 heavy (non-hydrogen) atoms. The maximum absolute atomic E-state index is 12.4. The first-order chi connectivity index (χ1) is 9.06. The molecule has 1 amide bonds. The van der Waals surface area contributed by atoms with E-state index in [0.29, 0.717) is 32.6 Å². The molecule has 1 saturated heterocycles. The summed E-state index contributed by atoms with van der Waals surface area (Å²) >= 11 is 5.09. The van der Waals surface area contributed by atoms with Gasteiger partial charge in [-0.3, -0.25) is 9.89 Å². The Morgan fingerprint density at radius 3 is 2.84 bits per heavy atom. The molecule has 1 aliphatic heterocycles. The van der Waals surface area contributed by atoms with Crippen LogP contribution in [0.15, 0.2) is 6.20 Å². The number of carbonyl (C=O) groups is 1. The van der Waals surface area contributed by atoms with Crippen LogP contribution in [0.25, 0.3) is 0 Å². The Hall–Kier alpha value is -1.47. The van der Waals surface area contributed by atoms with Crippen LogP contribution >= 0.6 is 12.2 Å². The van der Waals surface area contributed by atoms with Gasteiger partial charge < -0.3 is 15.8 Å². The number of thiocarbonyl (C=S) groups is 1. The van der Waals surface area contributed by atoms with Crippen molar-refractivity contribution in [3.05, 3.63) is 17.5 Å². The summed E-state index contributed by atoms with van der Waals surface area (Å²) in [6, 6.07) is 0. The highest BCUT2D eigenvalue weighted by atomic mass is 32.1. The van der Waals surface area contributed by atoms with E-state index >= 15 is 0 Å². The van der Waals surface area contributed by atoms with Crippen molar-refractivity contribution in [3.8, 4) is 0 Å². The number of nitrogens with two attached hydrogens (primary N) is 1. The largest absolute Gasteiger partial charge is 0.392 e. The normalized spacial score (nSPS) is 17.9. The van der Waals surface area contributed by atoms with Gasteiger partial charge in [0.25, 0.3) is 0 Å². The van der Waals surface area contributed by atoms with Crippen molar-refractivity contribution in [2.75, 3.05) is 13.2 Å². The van der Waals surface area contributed by atoms with Gasteiger partial charge >= 0.3 is 0 Å². The zero-order valence-corrected chi connectivity index (χ0v) is 11.7. The molecule has 7 heteroatoms. The highest BCUT2D eigenvalue weighted by Crippen LogP contribution is 2.31. The zero-order chi connectivity index (χ0) is 13.9. The summed E-state index contributed by atoms with van der Waals surface area (Å²) in [5.74, 6) is -0.121. The Morgan fingerprint density at radius 1 is 1.63 bits per heavy atom. The Bertz CT molecular complexity index is 480. The monoisotopic (exact) mass is 282 g/mol. The van der Waals surface area contributed by atoms with Gasteiger partial charge in [0.2, 0.25) is 5.91 Å². The number of nitrogens with zero attached hydrogens (tertiary/aromatic N) is 1. The van der Waals surface area contributed by atoms with Gasteiger partial charge in [0, 0.05) is 31.0 Å². The first kappa shape index (κ1) is 14.0. The maximum atomic E-state index is 12.4. The van der Waals surface area contributed by atoms with Gasteiger partial charge in [0.1, 0.15) is 5.41 Å². The second-order valence-corrected chi connectivity index (χ2v) is 5.20.